The Hall–Kier alpha value is -0.660. The molecule has 0 aromatic carbocycles. The molecule has 3 N–H and O–H groups in total. The van der Waals surface area contributed by atoms with Gasteiger partial charge in [0.2, 0.25) is 10.0 Å². The molecule has 0 heterocycles. The van der Waals surface area contributed by atoms with E-state index >= 15 is 0 Å². The summed E-state index contributed by atoms with van der Waals surface area (Å²) >= 11 is 0. The monoisotopic (exact) mass is 278 g/mol. The average molecular weight is 278 g/mol. The summed E-state index contributed by atoms with van der Waals surface area (Å²) in [6.07, 6.45) is 3.48. The number of carbonyl (C=O) groups is 1. The molecule has 0 radical (unpaired) electrons. The van der Waals surface area contributed by atoms with E-state index in [1.807, 2.05) is 0 Å². The van der Waals surface area contributed by atoms with Crippen LogP contribution in [0.3, 0.4) is 0 Å². The third kappa shape index (κ3) is 5.79. The fourth-order valence-corrected chi connectivity index (χ4v) is 2.66. The summed E-state index contributed by atoms with van der Waals surface area (Å²) in [5.41, 5.74) is 0. The second kappa shape index (κ2) is 7.06. The van der Waals surface area contributed by atoms with Crippen LogP contribution in [0.1, 0.15) is 32.6 Å². The lowest BCUT2D eigenvalue weighted by molar-refractivity contribution is -0.149. The van der Waals surface area contributed by atoms with E-state index in [-0.39, 0.29) is 23.7 Å². The van der Waals surface area contributed by atoms with Crippen molar-refractivity contribution >= 4 is 16.0 Å². The van der Waals surface area contributed by atoms with Crippen LogP contribution in [0.5, 0.6) is 0 Å². The van der Waals surface area contributed by atoms with Gasteiger partial charge in [-0.3, -0.25) is 4.79 Å². The zero-order chi connectivity index (χ0) is 13.6. The fourth-order valence-electron chi connectivity index (χ4n) is 2.25. The normalized spacial score (nSPS) is 24.8. The second-order valence-electron chi connectivity index (χ2n) is 4.63. The van der Waals surface area contributed by atoms with E-state index in [1.54, 1.807) is 6.92 Å². The molecule has 0 aromatic heterocycles. The smallest absolute Gasteiger partial charge is 0.308 e. The van der Waals surface area contributed by atoms with Gasteiger partial charge in [-0.1, -0.05) is 6.42 Å². The summed E-state index contributed by atoms with van der Waals surface area (Å²) in [6.45, 7) is 2.53. The van der Waals surface area contributed by atoms with Crippen molar-refractivity contribution in [2.24, 2.45) is 11.1 Å². The van der Waals surface area contributed by atoms with Gasteiger partial charge in [-0.05, 0) is 26.2 Å². The molecule has 0 spiro atoms. The second-order valence-corrected chi connectivity index (χ2v) is 6.37. The van der Waals surface area contributed by atoms with Crippen LogP contribution in [0.25, 0.3) is 0 Å². The highest BCUT2D eigenvalue weighted by atomic mass is 32.2. The lowest BCUT2D eigenvalue weighted by atomic mass is 9.86. The minimum atomic E-state index is -3.42. The van der Waals surface area contributed by atoms with Gasteiger partial charge in [0.25, 0.3) is 0 Å². The Morgan fingerprint density at radius 3 is 2.78 bits per heavy atom. The Labute approximate surface area is 108 Å². The standard InChI is InChI=1S/C11H22N2O4S/c1-2-17-11(14)9-4-3-5-10(8-9)13-6-7-18(12,15)16/h9-10,13H,2-8H2,1H3,(H2,12,15,16). The molecule has 6 nitrogen and oxygen atoms in total. The van der Waals surface area contributed by atoms with Crippen molar-refractivity contribution in [2.45, 2.75) is 38.6 Å². The molecule has 1 fully saturated rings. The zero-order valence-corrected chi connectivity index (χ0v) is 11.5. The molecule has 0 saturated heterocycles. The van der Waals surface area contributed by atoms with Crippen LogP contribution in [0, 0.1) is 5.92 Å². The van der Waals surface area contributed by atoms with Gasteiger partial charge in [0.15, 0.2) is 0 Å². The number of hydrogen-bond donors (Lipinski definition) is 2. The quantitative estimate of drug-likeness (QED) is 0.666. The third-order valence-corrected chi connectivity index (χ3v) is 3.89. The highest BCUT2D eigenvalue weighted by Gasteiger charge is 2.27. The maximum atomic E-state index is 11.6. The Kier molecular flexibility index (Phi) is 6.04. The van der Waals surface area contributed by atoms with Crippen LogP contribution in [-0.2, 0) is 19.6 Å². The van der Waals surface area contributed by atoms with E-state index in [1.165, 1.54) is 0 Å². The van der Waals surface area contributed by atoms with Crippen LogP contribution < -0.4 is 10.5 Å². The molecule has 2 atom stereocenters. The van der Waals surface area contributed by atoms with E-state index in [4.69, 9.17) is 9.88 Å². The Balaban J connectivity index is 2.33. The van der Waals surface area contributed by atoms with E-state index in [9.17, 15) is 13.2 Å². The zero-order valence-electron chi connectivity index (χ0n) is 10.7. The number of ether oxygens (including phenoxy) is 1. The molecule has 1 aliphatic carbocycles. The van der Waals surface area contributed by atoms with Crippen molar-refractivity contribution in [1.29, 1.82) is 0 Å². The molecule has 2 unspecified atom stereocenters. The van der Waals surface area contributed by atoms with Crippen molar-refractivity contribution in [3.05, 3.63) is 0 Å². The number of sulfonamides is 1. The molecule has 0 bridgehead atoms. The molecule has 1 rings (SSSR count). The van der Waals surface area contributed by atoms with E-state index in [0.717, 1.165) is 19.3 Å². The molecule has 106 valence electrons. The summed E-state index contributed by atoms with van der Waals surface area (Å²) in [5, 5.41) is 8.06. The van der Waals surface area contributed by atoms with Gasteiger partial charge in [0, 0.05) is 12.6 Å². The first-order chi connectivity index (χ1) is 8.42. The van der Waals surface area contributed by atoms with Gasteiger partial charge in [-0.2, -0.15) is 0 Å². The van der Waals surface area contributed by atoms with Gasteiger partial charge in [-0.15, -0.1) is 0 Å². The topological polar surface area (TPSA) is 98.5 Å². The predicted octanol–water partition coefficient (Wildman–Crippen LogP) is -0.0136. The van der Waals surface area contributed by atoms with Crippen molar-refractivity contribution in [3.63, 3.8) is 0 Å². The number of esters is 1. The molecule has 1 aliphatic rings. The van der Waals surface area contributed by atoms with Crippen molar-refractivity contribution in [1.82, 2.24) is 5.32 Å². The van der Waals surface area contributed by atoms with Gasteiger partial charge in [-0.25, -0.2) is 13.6 Å². The fraction of sp³-hybridized carbons (Fsp3) is 0.909. The van der Waals surface area contributed by atoms with Crippen LogP contribution >= 0.6 is 0 Å². The summed E-state index contributed by atoms with van der Waals surface area (Å²) in [5.74, 6) is -0.283. The maximum Gasteiger partial charge on any atom is 0.308 e. The summed E-state index contributed by atoms with van der Waals surface area (Å²) in [4.78, 5) is 11.6. The first-order valence-electron chi connectivity index (χ1n) is 6.33. The Bertz CT molecular complexity index is 369. The molecule has 18 heavy (non-hydrogen) atoms. The van der Waals surface area contributed by atoms with Gasteiger partial charge in [0.1, 0.15) is 0 Å². The van der Waals surface area contributed by atoms with Crippen LogP contribution in [-0.4, -0.2) is 39.3 Å². The molecule has 7 heteroatoms. The van der Waals surface area contributed by atoms with Crippen LogP contribution in [0.15, 0.2) is 0 Å². The lowest BCUT2D eigenvalue weighted by Gasteiger charge is -2.28. The van der Waals surface area contributed by atoms with Gasteiger partial charge in [0.05, 0.1) is 18.3 Å². The average Bonchev–Trinajstić information content (AvgIpc) is 2.28. The van der Waals surface area contributed by atoms with E-state index in [2.05, 4.69) is 5.32 Å². The maximum absolute atomic E-state index is 11.6. The molecule has 0 aliphatic heterocycles. The molecular formula is C11H22N2O4S. The number of primary sulfonamides is 1. The molecule has 0 aromatic rings. The molecular weight excluding hydrogens is 256 g/mol. The van der Waals surface area contributed by atoms with E-state index in [0.29, 0.717) is 19.6 Å². The van der Waals surface area contributed by atoms with E-state index < -0.39 is 10.0 Å². The number of nitrogens with one attached hydrogen (secondary N) is 1. The summed E-state index contributed by atoms with van der Waals surface area (Å²) in [7, 11) is -3.42. The Morgan fingerprint density at radius 1 is 1.44 bits per heavy atom. The van der Waals surface area contributed by atoms with Crippen molar-refractivity contribution in [3.8, 4) is 0 Å². The van der Waals surface area contributed by atoms with Gasteiger partial charge >= 0.3 is 5.97 Å². The number of rotatable bonds is 6. The highest BCUT2D eigenvalue weighted by Crippen LogP contribution is 2.25. The van der Waals surface area contributed by atoms with Gasteiger partial charge < -0.3 is 10.1 Å². The predicted molar refractivity (Wildman–Crippen MR) is 68.4 cm³/mol. The molecule has 1 saturated carbocycles. The Morgan fingerprint density at radius 2 is 2.17 bits per heavy atom. The minimum Gasteiger partial charge on any atom is -0.466 e. The first-order valence-corrected chi connectivity index (χ1v) is 8.04. The highest BCUT2D eigenvalue weighted by molar-refractivity contribution is 7.89. The van der Waals surface area contributed by atoms with Crippen molar-refractivity contribution < 1.29 is 17.9 Å². The largest absolute Gasteiger partial charge is 0.466 e. The molecule has 0 amide bonds. The summed E-state index contributed by atoms with van der Waals surface area (Å²) in [6, 6.07) is 0.176. The summed E-state index contributed by atoms with van der Waals surface area (Å²) < 4.78 is 26.6. The van der Waals surface area contributed by atoms with Crippen LogP contribution in [0.4, 0.5) is 0 Å². The first kappa shape index (κ1) is 15.4. The third-order valence-electron chi connectivity index (χ3n) is 3.11. The number of hydrogen-bond acceptors (Lipinski definition) is 5. The minimum absolute atomic E-state index is 0.0642. The lowest BCUT2D eigenvalue weighted by Crippen LogP contribution is -2.39. The SMILES string of the molecule is CCOC(=O)C1CCCC(NCCS(N)(=O)=O)C1. The van der Waals surface area contributed by atoms with Crippen molar-refractivity contribution in [2.75, 3.05) is 18.9 Å². The number of carbonyl (C=O) groups excluding carboxylic acids is 1. The van der Waals surface area contributed by atoms with Crippen LogP contribution in [0.2, 0.25) is 0 Å². The number of nitrogens with two attached hydrogens (primary N) is 1.